The highest BCUT2D eigenvalue weighted by atomic mass is 16.8. The summed E-state index contributed by atoms with van der Waals surface area (Å²) < 4.78 is 16.7. The Labute approximate surface area is 81.8 Å². The maximum atomic E-state index is 8.20. The minimum absolute atomic E-state index is 0.0242. The molecular formula is C8H13N3O3. The van der Waals surface area contributed by atoms with Crippen molar-refractivity contribution in [3.05, 3.63) is 10.4 Å². The minimum Gasteiger partial charge on any atom is -0.372 e. The Morgan fingerprint density at radius 1 is 1.50 bits per heavy atom. The van der Waals surface area contributed by atoms with Crippen molar-refractivity contribution in [3.63, 3.8) is 0 Å². The van der Waals surface area contributed by atoms with Crippen molar-refractivity contribution < 1.29 is 14.2 Å². The van der Waals surface area contributed by atoms with Crippen molar-refractivity contribution in [2.24, 2.45) is 5.11 Å². The molecule has 0 amide bonds. The van der Waals surface area contributed by atoms with E-state index in [2.05, 4.69) is 10.0 Å². The van der Waals surface area contributed by atoms with Crippen LogP contribution in [0.25, 0.3) is 10.4 Å². The van der Waals surface area contributed by atoms with Crippen LogP contribution in [-0.2, 0) is 14.2 Å². The predicted octanol–water partition coefficient (Wildman–Crippen LogP) is 1.22. The molecule has 0 spiro atoms. The Kier molecular flexibility index (Phi) is 2.36. The van der Waals surface area contributed by atoms with Crippen LogP contribution in [0.4, 0.5) is 0 Å². The molecule has 0 radical (unpaired) electrons. The number of hydrogen-bond acceptors (Lipinski definition) is 4. The lowest BCUT2D eigenvalue weighted by molar-refractivity contribution is -0.173. The normalized spacial score (nSPS) is 39.1. The molecule has 14 heavy (non-hydrogen) atoms. The smallest absolute Gasteiger partial charge is 0.164 e. The van der Waals surface area contributed by atoms with E-state index < -0.39 is 5.79 Å². The van der Waals surface area contributed by atoms with Crippen molar-refractivity contribution in [2.45, 2.75) is 37.9 Å². The fourth-order valence-corrected chi connectivity index (χ4v) is 1.89. The fraction of sp³-hybridized carbons (Fsp3) is 1.00. The lowest BCUT2D eigenvalue weighted by atomic mass is 10.1. The standard InChI is InChI=1S/C8H13N3O3/c1-8(2)13-6-4-12-5(3-10-11-9)7(6)14-8/h5-7H,3-4H2,1-2H3/t5-,6+,7-/m1/s1. The molecule has 0 unspecified atom stereocenters. The van der Waals surface area contributed by atoms with Crippen LogP contribution in [0.3, 0.4) is 0 Å². The zero-order valence-corrected chi connectivity index (χ0v) is 8.21. The topological polar surface area (TPSA) is 76.5 Å². The van der Waals surface area contributed by atoms with Crippen molar-refractivity contribution in [1.82, 2.24) is 0 Å². The Morgan fingerprint density at radius 2 is 2.29 bits per heavy atom. The van der Waals surface area contributed by atoms with Crippen molar-refractivity contribution in [3.8, 4) is 0 Å². The first-order chi connectivity index (χ1) is 6.62. The van der Waals surface area contributed by atoms with E-state index >= 15 is 0 Å². The highest BCUT2D eigenvalue weighted by Gasteiger charge is 2.49. The molecule has 2 fully saturated rings. The van der Waals surface area contributed by atoms with Crippen LogP contribution in [0.15, 0.2) is 5.11 Å². The van der Waals surface area contributed by atoms with Gasteiger partial charge in [-0.25, -0.2) is 0 Å². The molecule has 2 aliphatic rings. The zero-order valence-electron chi connectivity index (χ0n) is 8.21. The first-order valence-electron chi connectivity index (χ1n) is 4.60. The molecule has 0 aliphatic carbocycles. The van der Waals surface area contributed by atoms with Crippen molar-refractivity contribution >= 4 is 0 Å². The average molecular weight is 199 g/mol. The number of nitrogens with zero attached hydrogens (tertiary/aromatic N) is 3. The molecule has 2 aliphatic heterocycles. The molecule has 3 atom stereocenters. The van der Waals surface area contributed by atoms with E-state index in [9.17, 15) is 0 Å². The van der Waals surface area contributed by atoms with Gasteiger partial charge in [-0.1, -0.05) is 5.11 Å². The summed E-state index contributed by atoms with van der Waals surface area (Å²) in [5, 5.41) is 3.48. The molecular weight excluding hydrogens is 186 g/mol. The van der Waals surface area contributed by atoms with E-state index in [0.29, 0.717) is 13.2 Å². The number of rotatable bonds is 2. The molecule has 0 N–H and O–H groups in total. The van der Waals surface area contributed by atoms with Crippen molar-refractivity contribution in [1.29, 1.82) is 0 Å². The Hall–Kier alpha value is -0.810. The van der Waals surface area contributed by atoms with E-state index in [4.69, 9.17) is 19.7 Å². The van der Waals surface area contributed by atoms with Crippen LogP contribution in [0.1, 0.15) is 13.8 Å². The van der Waals surface area contributed by atoms with Crippen LogP contribution < -0.4 is 0 Å². The van der Waals surface area contributed by atoms with E-state index in [0.717, 1.165) is 0 Å². The summed E-state index contributed by atoms with van der Waals surface area (Å²) in [7, 11) is 0. The van der Waals surface area contributed by atoms with Gasteiger partial charge in [-0.05, 0) is 19.4 Å². The van der Waals surface area contributed by atoms with Gasteiger partial charge in [-0.2, -0.15) is 0 Å². The number of fused-ring (bicyclic) bond motifs is 1. The Balaban J connectivity index is 2.01. The highest BCUT2D eigenvalue weighted by molar-refractivity contribution is 4.93. The van der Waals surface area contributed by atoms with Gasteiger partial charge in [0.05, 0.1) is 19.3 Å². The maximum Gasteiger partial charge on any atom is 0.164 e. The van der Waals surface area contributed by atoms with E-state index in [1.165, 1.54) is 0 Å². The average Bonchev–Trinajstić information content (AvgIpc) is 2.57. The van der Waals surface area contributed by atoms with Gasteiger partial charge in [-0.3, -0.25) is 0 Å². The summed E-state index contributed by atoms with van der Waals surface area (Å²) in [6.45, 7) is 4.56. The van der Waals surface area contributed by atoms with Crippen LogP contribution in [-0.4, -0.2) is 37.3 Å². The van der Waals surface area contributed by atoms with Gasteiger partial charge < -0.3 is 14.2 Å². The largest absolute Gasteiger partial charge is 0.372 e. The predicted molar refractivity (Wildman–Crippen MR) is 47.6 cm³/mol. The second-order valence-electron chi connectivity index (χ2n) is 3.92. The quantitative estimate of drug-likeness (QED) is 0.381. The summed E-state index contributed by atoms with van der Waals surface area (Å²) in [4.78, 5) is 2.70. The van der Waals surface area contributed by atoms with Crippen LogP contribution in [0.2, 0.25) is 0 Å². The molecule has 0 saturated carbocycles. The molecule has 6 heteroatoms. The van der Waals surface area contributed by atoms with Gasteiger partial charge in [0.1, 0.15) is 12.2 Å². The molecule has 2 saturated heterocycles. The fourth-order valence-electron chi connectivity index (χ4n) is 1.89. The number of hydrogen-bond donors (Lipinski definition) is 0. The molecule has 0 aromatic carbocycles. The summed E-state index contributed by atoms with van der Waals surface area (Å²) in [5.74, 6) is -0.548. The third-order valence-corrected chi connectivity index (χ3v) is 2.39. The summed E-state index contributed by atoms with van der Waals surface area (Å²) in [6.07, 6.45) is -0.294. The number of ether oxygens (including phenoxy) is 3. The van der Waals surface area contributed by atoms with Crippen LogP contribution in [0, 0.1) is 0 Å². The summed E-state index contributed by atoms with van der Waals surface area (Å²) in [6, 6.07) is 0. The zero-order chi connectivity index (χ0) is 10.2. The van der Waals surface area contributed by atoms with Crippen LogP contribution >= 0.6 is 0 Å². The maximum absolute atomic E-state index is 8.20. The van der Waals surface area contributed by atoms with Gasteiger partial charge in [0.2, 0.25) is 0 Å². The lowest BCUT2D eigenvalue weighted by Gasteiger charge is -2.20. The van der Waals surface area contributed by atoms with E-state index in [1.54, 1.807) is 0 Å². The Morgan fingerprint density at radius 3 is 3.00 bits per heavy atom. The second kappa shape index (κ2) is 3.40. The second-order valence-corrected chi connectivity index (χ2v) is 3.92. The van der Waals surface area contributed by atoms with Crippen LogP contribution in [0.5, 0.6) is 0 Å². The third kappa shape index (κ3) is 1.69. The first-order valence-corrected chi connectivity index (χ1v) is 4.60. The van der Waals surface area contributed by atoms with E-state index in [-0.39, 0.29) is 18.3 Å². The highest BCUT2D eigenvalue weighted by Crippen LogP contribution is 2.35. The van der Waals surface area contributed by atoms with Gasteiger partial charge in [-0.15, -0.1) is 0 Å². The monoisotopic (exact) mass is 199 g/mol. The molecule has 78 valence electrons. The molecule has 0 aromatic rings. The SMILES string of the molecule is CC1(C)O[C@H]2[C@H](CO[C@@H]2CN=[N+]=[N-])O1. The number of azide groups is 1. The Bertz CT molecular complexity index is 275. The molecule has 2 heterocycles. The van der Waals surface area contributed by atoms with Gasteiger partial charge in [0.25, 0.3) is 0 Å². The minimum atomic E-state index is -0.548. The lowest BCUT2D eigenvalue weighted by Crippen LogP contribution is -2.31. The first kappa shape index (κ1) is 9.73. The van der Waals surface area contributed by atoms with E-state index in [1.807, 2.05) is 13.8 Å². The molecule has 2 rings (SSSR count). The summed E-state index contributed by atoms with van der Waals surface area (Å²) in [5.41, 5.74) is 8.20. The molecule has 0 bridgehead atoms. The van der Waals surface area contributed by atoms with Gasteiger partial charge in [0.15, 0.2) is 5.79 Å². The van der Waals surface area contributed by atoms with Crippen molar-refractivity contribution in [2.75, 3.05) is 13.2 Å². The third-order valence-electron chi connectivity index (χ3n) is 2.39. The van der Waals surface area contributed by atoms with Gasteiger partial charge >= 0.3 is 0 Å². The molecule has 0 aromatic heterocycles. The molecule has 6 nitrogen and oxygen atoms in total. The summed E-state index contributed by atoms with van der Waals surface area (Å²) >= 11 is 0. The van der Waals surface area contributed by atoms with Gasteiger partial charge in [0, 0.05) is 4.91 Å².